The highest BCUT2D eigenvalue weighted by atomic mass is 32.2. The van der Waals surface area contributed by atoms with Gasteiger partial charge in [0.1, 0.15) is 23.6 Å². The maximum absolute atomic E-state index is 14.0. The molecule has 1 aliphatic rings. The number of ether oxygens (including phenoxy) is 1. The molecular weight excluding hydrogens is 563 g/mol. The van der Waals surface area contributed by atoms with Crippen LogP contribution < -0.4 is 11.4 Å². The van der Waals surface area contributed by atoms with Crippen molar-refractivity contribution in [3.63, 3.8) is 0 Å². The Bertz CT molecular complexity index is 1260. The molecule has 1 saturated heterocycles. The fourth-order valence-electron chi connectivity index (χ4n) is 3.87. The van der Waals surface area contributed by atoms with Gasteiger partial charge < -0.3 is 25.8 Å². The molecule has 1 fully saturated rings. The molecule has 0 spiro atoms. The summed E-state index contributed by atoms with van der Waals surface area (Å²) in [4.78, 5) is 28.3. The molecule has 5 atom stereocenters. The second-order valence-electron chi connectivity index (χ2n) is 10.3. The number of nitrogen functional groups attached to an aromatic ring is 1. The Morgan fingerprint density at radius 2 is 1.98 bits per heavy atom. The molecule has 40 heavy (non-hydrogen) atoms. The summed E-state index contributed by atoms with van der Waals surface area (Å²) >= 11 is 0.944. The average Bonchev–Trinajstić information content (AvgIpc) is 3.13. The van der Waals surface area contributed by atoms with Crippen LogP contribution in [0.2, 0.25) is 0 Å². The van der Waals surface area contributed by atoms with Crippen molar-refractivity contribution in [1.29, 1.82) is 0 Å². The molecule has 222 valence electrons. The Morgan fingerprint density at radius 1 is 1.30 bits per heavy atom. The van der Waals surface area contributed by atoms with E-state index < -0.39 is 49.5 Å². The number of rotatable bonds is 13. The van der Waals surface area contributed by atoms with E-state index >= 15 is 0 Å². The Morgan fingerprint density at radius 3 is 2.60 bits per heavy atom. The molecule has 13 nitrogen and oxygen atoms in total. The maximum atomic E-state index is 14.0. The van der Waals surface area contributed by atoms with Crippen LogP contribution in [0.25, 0.3) is 0 Å². The molecule has 2 aromatic rings. The molecule has 2 heterocycles. The van der Waals surface area contributed by atoms with Crippen LogP contribution >= 0.6 is 19.5 Å². The minimum atomic E-state index is -4.02. The number of aromatic nitrogens is 2. The van der Waals surface area contributed by atoms with E-state index in [9.17, 15) is 29.5 Å². The molecule has 0 radical (unpaired) electrons. The largest absolute Gasteiger partial charge is 0.408 e. The first-order chi connectivity index (χ1) is 18.7. The van der Waals surface area contributed by atoms with E-state index in [1.165, 1.54) is 23.9 Å². The standard InChI is InChI=1S/C25H37N4O9PS/c1-24(2,16-30)22(32)40-13-12-36-39(35,28(4)14-17-8-6-5-7-9-17)37-15-18-20(31)25(3,34)21(38-18)29-11-10-19(26)27-23(29)33/h5-11,18,20-21,30-31,34H,12-16H2,1-4H3,(H2,26,27,33)/t18-,20?,21-,25?,39?/m1/s1. The van der Waals surface area contributed by atoms with Gasteiger partial charge in [0.2, 0.25) is 0 Å². The zero-order valence-corrected chi connectivity index (χ0v) is 24.6. The minimum absolute atomic E-state index is 0.0151. The van der Waals surface area contributed by atoms with E-state index in [1.54, 1.807) is 20.9 Å². The number of aliphatic hydroxyl groups is 3. The van der Waals surface area contributed by atoms with E-state index in [2.05, 4.69) is 4.98 Å². The molecule has 5 N–H and O–H groups in total. The first-order valence-corrected chi connectivity index (χ1v) is 15.0. The van der Waals surface area contributed by atoms with Crippen LogP contribution in [-0.4, -0.2) is 85.1 Å². The topological polar surface area (TPSA) is 187 Å². The van der Waals surface area contributed by atoms with E-state index in [0.717, 1.165) is 21.9 Å². The van der Waals surface area contributed by atoms with E-state index in [-0.39, 0.29) is 36.4 Å². The maximum Gasteiger partial charge on any atom is 0.408 e. The van der Waals surface area contributed by atoms with Gasteiger partial charge in [0.15, 0.2) is 11.3 Å². The van der Waals surface area contributed by atoms with Gasteiger partial charge in [-0.2, -0.15) is 4.98 Å². The van der Waals surface area contributed by atoms with Crippen molar-refractivity contribution < 1.29 is 38.5 Å². The van der Waals surface area contributed by atoms with Crippen molar-refractivity contribution in [2.24, 2.45) is 5.41 Å². The zero-order valence-electron chi connectivity index (χ0n) is 22.9. The lowest BCUT2D eigenvalue weighted by molar-refractivity contribution is -0.119. The van der Waals surface area contributed by atoms with Crippen molar-refractivity contribution in [2.45, 2.75) is 51.4 Å². The van der Waals surface area contributed by atoms with Gasteiger partial charge in [-0.3, -0.25) is 18.4 Å². The van der Waals surface area contributed by atoms with E-state index in [1.807, 2.05) is 30.3 Å². The second kappa shape index (κ2) is 13.2. The zero-order chi connectivity index (χ0) is 29.7. The lowest BCUT2D eigenvalue weighted by atomic mass is 9.96. The van der Waals surface area contributed by atoms with Crippen molar-refractivity contribution in [3.05, 3.63) is 58.6 Å². The lowest BCUT2D eigenvalue weighted by Crippen LogP contribution is -2.46. The summed E-state index contributed by atoms with van der Waals surface area (Å²) in [5.74, 6) is 0.139. The molecule has 0 saturated carbocycles. The molecule has 0 aliphatic carbocycles. The van der Waals surface area contributed by atoms with Crippen molar-refractivity contribution >= 4 is 30.4 Å². The molecule has 1 aromatic carbocycles. The highest BCUT2D eigenvalue weighted by Gasteiger charge is 2.54. The predicted molar refractivity (Wildman–Crippen MR) is 149 cm³/mol. The van der Waals surface area contributed by atoms with Gasteiger partial charge in [0.25, 0.3) is 0 Å². The number of carbonyl (C=O) groups excluding carboxylic acids is 1. The van der Waals surface area contributed by atoms with Gasteiger partial charge in [-0.25, -0.2) is 14.0 Å². The number of benzene rings is 1. The van der Waals surface area contributed by atoms with Crippen LogP contribution in [-0.2, 0) is 29.7 Å². The van der Waals surface area contributed by atoms with Gasteiger partial charge >= 0.3 is 13.4 Å². The molecule has 15 heteroatoms. The highest BCUT2D eigenvalue weighted by Crippen LogP contribution is 2.53. The summed E-state index contributed by atoms with van der Waals surface area (Å²) in [5.41, 5.74) is 2.74. The first kappa shape index (κ1) is 32.4. The number of carbonyl (C=O) groups is 1. The number of thioether (sulfide) groups is 1. The van der Waals surface area contributed by atoms with Crippen LogP contribution in [0.15, 0.2) is 47.4 Å². The number of hydrogen-bond donors (Lipinski definition) is 4. The summed E-state index contributed by atoms with van der Waals surface area (Å²) < 4.78 is 33.6. The summed E-state index contributed by atoms with van der Waals surface area (Å²) in [6, 6.07) is 10.6. The molecule has 3 rings (SSSR count). The van der Waals surface area contributed by atoms with Crippen molar-refractivity contribution in [1.82, 2.24) is 14.2 Å². The Labute approximate surface area is 236 Å². The molecule has 0 amide bonds. The second-order valence-corrected chi connectivity index (χ2v) is 13.5. The van der Waals surface area contributed by atoms with Crippen molar-refractivity contribution in [3.8, 4) is 0 Å². The number of hydrogen-bond acceptors (Lipinski definition) is 12. The van der Waals surface area contributed by atoms with E-state index in [0.29, 0.717) is 0 Å². The molecule has 0 bridgehead atoms. The predicted octanol–water partition coefficient (Wildman–Crippen LogP) is 1.39. The summed E-state index contributed by atoms with van der Waals surface area (Å²) in [6.07, 6.45) is -2.74. The third-order valence-corrected chi connectivity index (χ3v) is 9.60. The third-order valence-electron chi connectivity index (χ3n) is 6.45. The molecule has 3 unspecified atom stereocenters. The van der Waals surface area contributed by atoms with Gasteiger partial charge in [0, 0.05) is 18.5 Å². The quantitative estimate of drug-likeness (QED) is 0.191. The monoisotopic (exact) mass is 600 g/mol. The third kappa shape index (κ3) is 7.58. The summed E-state index contributed by atoms with van der Waals surface area (Å²) in [6.45, 7) is 3.85. The van der Waals surface area contributed by atoms with Crippen LogP contribution in [0.4, 0.5) is 5.82 Å². The summed E-state index contributed by atoms with van der Waals surface area (Å²) in [5, 5.41) is 30.9. The van der Waals surface area contributed by atoms with Crippen LogP contribution in [0.1, 0.15) is 32.6 Å². The van der Waals surface area contributed by atoms with Crippen LogP contribution in [0.3, 0.4) is 0 Å². The first-order valence-electron chi connectivity index (χ1n) is 12.5. The number of nitrogens with two attached hydrogens (primary N) is 1. The molecule has 1 aromatic heterocycles. The van der Waals surface area contributed by atoms with E-state index in [4.69, 9.17) is 19.5 Å². The fourth-order valence-corrected chi connectivity index (χ4v) is 6.26. The van der Waals surface area contributed by atoms with Gasteiger partial charge in [-0.15, -0.1) is 0 Å². The van der Waals surface area contributed by atoms with Gasteiger partial charge in [-0.1, -0.05) is 42.1 Å². The number of anilines is 1. The number of nitrogens with zero attached hydrogens (tertiary/aromatic N) is 3. The van der Waals surface area contributed by atoms with Crippen LogP contribution in [0.5, 0.6) is 0 Å². The average molecular weight is 601 g/mol. The van der Waals surface area contributed by atoms with Crippen LogP contribution in [0, 0.1) is 5.41 Å². The lowest BCUT2D eigenvalue weighted by Gasteiger charge is -2.29. The van der Waals surface area contributed by atoms with Gasteiger partial charge in [0.05, 0.1) is 25.2 Å². The fraction of sp³-hybridized carbons (Fsp3) is 0.560. The molecule has 1 aliphatic heterocycles. The highest BCUT2D eigenvalue weighted by molar-refractivity contribution is 8.13. The normalized spacial score (nSPS) is 24.8. The van der Waals surface area contributed by atoms with Gasteiger partial charge in [-0.05, 0) is 39.4 Å². The number of aliphatic hydroxyl groups excluding tert-OH is 2. The smallest absolute Gasteiger partial charge is 0.395 e. The Balaban J connectivity index is 1.73. The summed E-state index contributed by atoms with van der Waals surface area (Å²) in [7, 11) is -2.48. The Hall–Kier alpha value is -2.13. The SMILES string of the molecule is CN(Cc1ccccc1)P(=O)(OCCSC(=O)C(C)(C)CO)OC[C@H]1O[C@@H](n2ccc(N)nc2=O)C(C)(O)C1O. The Kier molecular flexibility index (Phi) is 10.7. The minimum Gasteiger partial charge on any atom is -0.395 e. The molecular formula is C25H37N4O9PS. The van der Waals surface area contributed by atoms with Crippen molar-refractivity contribution in [2.75, 3.05) is 38.4 Å².